The van der Waals surface area contributed by atoms with Gasteiger partial charge in [0.05, 0.1) is 12.3 Å². The highest BCUT2D eigenvalue weighted by Crippen LogP contribution is 2.17. The summed E-state index contributed by atoms with van der Waals surface area (Å²) in [6, 6.07) is 9.76. The molecular weight excluding hydrogens is 290 g/mol. The fourth-order valence-electron chi connectivity index (χ4n) is 2.90. The number of nitrogens with zero attached hydrogens (tertiary/aromatic N) is 1. The van der Waals surface area contributed by atoms with Crippen molar-refractivity contribution >= 4 is 11.8 Å². The number of benzene rings is 1. The van der Waals surface area contributed by atoms with Crippen molar-refractivity contribution in [1.29, 1.82) is 0 Å². The number of carbonyl (C=O) groups is 2. The first-order valence-corrected chi connectivity index (χ1v) is 8.51. The van der Waals surface area contributed by atoms with Crippen molar-refractivity contribution in [2.75, 3.05) is 32.7 Å². The van der Waals surface area contributed by atoms with E-state index in [1.165, 1.54) is 0 Å². The van der Waals surface area contributed by atoms with E-state index in [9.17, 15) is 9.59 Å². The smallest absolute Gasteiger partial charge is 0.227 e. The monoisotopic (exact) mass is 317 g/mol. The number of hydrogen-bond donors (Lipinski definition) is 2. The van der Waals surface area contributed by atoms with Crippen molar-refractivity contribution in [2.24, 2.45) is 5.92 Å². The number of likely N-dealkylation sites (tertiary alicyclic amines) is 1. The van der Waals surface area contributed by atoms with E-state index in [0.29, 0.717) is 19.5 Å². The van der Waals surface area contributed by atoms with Gasteiger partial charge in [-0.25, -0.2) is 0 Å². The quantitative estimate of drug-likeness (QED) is 0.743. The molecule has 1 aromatic carbocycles. The van der Waals surface area contributed by atoms with Gasteiger partial charge in [-0.1, -0.05) is 37.3 Å². The average Bonchev–Trinajstić information content (AvgIpc) is 2.59. The Hall–Kier alpha value is -1.88. The van der Waals surface area contributed by atoms with Crippen molar-refractivity contribution in [3.05, 3.63) is 35.9 Å². The standard InChI is InChI=1S/C18H27N3O2/c1-2-19-10-11-20-18(23)16-9-6-12-21(14-16)17(22)13-15-7-4-3-5-8-15/h3-5,7-8,16,19H,2,6,9-14H2,1H3,(H,20,23). The second-order valence-electron chi connectivity index (χ2n) is 5.99. The Morgan fingerprint density at radius 2 is 2.00 bits per heavy atom. The second-order valence-corrected chi connectivity index (χ2v) is 5.99. The van der Waals surface area contributed by atoms with Gasteiger partial charge in [-0.05, 0) is 24.9 Å². The molecule has 1 fully saturated rings. The molecule has 0 bridgehead atoms. The molecule has 0 aromatic heterocycles. The van der Waals surface area contributed by atoms with Crippen molar-refractivity contribution in [3.8, 4) is 0 Å². The van der Waals surface area contributed by atoms with Gasteiger partial charge >= 0.3 is 0 Å². The van der Waals surface area contributed by atoms with Crippen molar-refractivity contribution in [2.45, 2.75) is 26.2 Å². The lowest BCUT2D eigenvalue weighted by atomic mass is 9.96. The van der Waals surface area contributed by atoms with Crippen LogP contribution < -0.4 is 10.6 Å². The third-order valence-corrected chi connectivity index (χ3v) is 4.19. The molecule has 5 nitrogen and oxygen atoms in total. The lowest BCUT2D eigenvalue weighted by molar-refractivity contribution is -0.135. The van der Waals surface area contributed by atoms with E-state index in [1.807, 2.05) is 42.2 Å². The van der Waals surface area contributed by atoms with Crippen LogP contribution in [0.15, 0.2) is 30.3 Å². The topological polar surface area (TPSA) is 61.4 Å². The first-order chi connectivity index (χ1) is 11.2. The first-order valence-electron chi connectivity index (χ1n) is 8.51. The SMILES string of the molecule is CCNCCNC(=O)C1CCCN(C(=O)Cc2ccccc2)C1. The summed E-state index contributed by atoms with van der Waals surface area (Å²) in [4.78, 5) is 26.5. The molecule has 23 heavy (non-hydrogen) atoms. The molecule has 1 aromatic rings. The summed E-state index contributed by atoms with van der Waals surface area (Å²) in [6.07, 6.45) is 2.17. The number of hydrogen-bond acceptors (Lipinski definition) is 3. The van der Waals surface area contributed by atoms with Gasteiger partial charge in [-0.3, -0.25) is 9.59 Å². The molecular formula is C18H27N3O2. The van der Waals surface area contributed by atoms with Crippen LogP contribution in [0.1, 0.15) is 25.3 Å². The molecule has 0 aliphatic carbocycles. The second kappa shape index (κ2) is 9.30. The van der Waals surface area contributed by atoms with Crippen LogP contribution in [0, 0.1) is 5.92 Å². The largest absolute Gasteiger partial charge is 0.355 e. The fraction of sp³-hybridized carbons (Fsp3) is 0.556. The molecule has 1 saturated heterocycles. The molecule has 2 rings (SSSR count). The van der Waals surface area contributed by atoms with E-state index in [0.717, 1.165) is 38.0 Å². The number of rotatable bonds is 7. The van der Waals surface area contributed by atoms with Gasteiger partial charge in [0, 0.05) is 26.2 Å². The lowest BCUT2D eigenvalue weighted by Crippen LogP contribution is -2.46. The van der Waals surface area contributed by atoms with E-state index >= 15 is 0 Å². The van der Waals surface area contributed by atoms with Gasteiger partial charge in [0.1, 0.15) is 0 Å². The Balaban J connectivity index is 1.80. The predicted octanol–water partition coefficient (Wildman–Crippen LogP) is 1.19. The molecule has 1 unspecified atom stereocenters. The molecule has 5 heteroatoms. The van der Waals surface area contributed by atoms with Gasteiger partial charge in [0.2, 0.25) is 11.8 Å². The summed E-state index contributed by atoms with van der Waals surface area (Å²) >= 11 is 0. The van der Waals surface area contributed by atoms with Crippen LogP contribution in [0.25, 0.3) is 0 Å². The zero-order valence-corrected chi connectivity index (χ0v) is 13.9. The minimum Gasteiger partial charge on any atom is -0.355 e. The zero-order chi connectivity index (χ0) is 16.5. The Labute approximate surface area is 138 Å². The highest BCUT2D eigenvalue weighted by molar-refractivity contribution is 5.82. The van der Waals surface area contributed by atoms with E-state index in [4.69, 9.17) is 0 Å². The first kappa shape index (κ1) is 17.5. The van der Waals surface area contributed by atoms with Crippen LogP contribution in [0.5, 0.6) is 0 Å². The van der Waals surface area contributed by atoms with Gasteiger partial charge in [-0.2, -0.15) is 0 Å². The third-order valence-electron chi connectivity index (χ3n) is 4.19. The molecule has 1 atom stereocenters. The maximum Gasteiger partial charge on any atom is 0.227 e. The molecule has 0 radical (unpaired) electrons. The predicted molar refractivity (Wildman–Crippen MR) is 91.0 cm³/mol. The van der Waals surface area contributed by atoms with E-state index in [2.05, 4.69) is 10.6 Å². The Morgan fingerprint density at radius 3 is 2.74 bits per heavy atom. The maximum absolute atomic E-state index is 12.4. The maximum atomic E-state index is 12.4. The zero-order valence-electron chi connectivity index (χ0n) is 13.9. The number of piperidine rings is 1. The van der Waals surface area contributed by atoms with Crippen LogP contribution >= 0.6 is 0 Å². The molecule has 1 heterocycles. The third kappa shape index (κ3) is 5.67. The van der Waals surface area contributed by atoms with E-state index in [-0.39, 0.29) is 17.7 Å². The molecule has 0 spiro atoms. The van der Waals surface area contributed by atoms with Crippen LogP contribution in [0.3, 0.4) is 0 Å². The number of amides is 2. The van der Waals surface area contributed by atoms with Crippen LogP contribution in [0.4, 0.5) is 0 Å². The Kier molecular flexibility index (Phi) is 7.07. The van der Waals surface area contributed by atoms with Crippen molar-refractivity contribution < 1.29 is 9.59 Å². The van der Waals surface area contributed by atoms with Crippen molar-refractivity contribution in [3.63, 3.8) is 0 Å². The summed E-state index contributed by atoms with van der Waals surface area (Å²) in [7, 11) is 0. The highest BCUT2D eigenvalue weighted by Gasteiger charge is 2.28. The van der Waals surface area contributed by atoms with Gasteiger partial charge in [0.25, 0.3) is 0 Å². The lowest BCUT2D eigenvalue weighted by Gasteiger charge is -2.32. The molecule has 0 saturated carbocycles. The molecule has 126 valence electrons. The van der Waals surface area contributed by atoms with E-state index < -0.39 is 0 Å². The highest BCUT2D eigenvalue weighted by atomic mass is 16.2. The van der Waals surface area contributed by atoms with Crippen LogP contribution in [0.2, 0.25) is 0 Å². The molecule has 1 aliphatic rings. The summed E-state index contributed by atoms with van der Waals surface area (Å²) in [5.74, 6) is 0.103. The minimum absolute atomic E-state index is 0.0696. The van der Waals surface area contributed by atoms with Crippen LogP contribution in [-0.2, 0) is 16.0 Å². The summed E-state index contributed by atoms with van der Waals surface area (Å²) < 4.78 is 0. The Bertz CT molecular complexity index is 504. The summed E-state index contributed by atoms with van der Waals surface area (Å²) in [5.41, 5.74) is 1.02. The fourth-order valence-corrected chi connectivity index (χ4v) is 2.90. The summed E-state index contributed by atoms with van der Waals surface area (Å²) in [5, 5.41) is 6.14. The van der Waals surface area contributed by atoms with Crippen LogP contribution in [-0.4, -0.2) is 49.4 Å². The normalized spacial score (nSPS) is 17.8. The number of nitrogens with one attached hydrogen (secondary N) is 2. The molecule has 2 N–H and O–H groups in total. The molecule has 1 aliphatic heterocycles. The van der Waals surface area contributed by atoms with Gasteiger partial charge in [-0.15, -0.1) is 0 Å². The van der Waals surface area contributed by atoms with E-state index in [1.54, 1.807) is 0 Å². The average molecular weight is 317 g/mol. The molecule has 2 amide bonds. The summed E-state index contributed by atoms with van der Waals surface area (Å²) in [6.45, 7) is 5.67. The van der Waals surface area contributed by atoms with Gasteiger partial charge < -0.3 is 15.5 Å². The van der Waals surface area contributed by atoms with Gasteiger partial charge in [0.15, 0.2) is 0 Å². The Morgan fingerprint density at radius 1 is 1.22 bits per heavy atom. The van der Waals surface area contributed by atoms with Crippen molar-refractivity contribution in [1.82, 2.24) is 15.5 Å². The number of likely N-dealkylation sites (N-methyl/N-ethyl adjacent to an activating group) is 1. The number of carbonyl (C=O) groups excluding carboxylic acids is 2. The minimum atomic E-state index is -0.0786.